The van der Waals surface area contributed by atoms with Gasteiger partial charge < -0.3 is 20.1 Å². The summed E-state index contributed by atoms with van der Waals surface area (Å²) in [5.41, 5.74) is 1.40. The molecule has 0 saturated carbocycles. The molecule has 136 valence electrons. The number of ether oxygens (including phenoxy) is 1. The average molecular weight is 614 g/mol. The largest absolute Gasteiger partial charge is 0.506 e. The fourth-order valence-corrected chi connectivity index (χ4v) is 5.11. The zero-order chi connectivity index (χ0) is 19.2. The van der Waals surface area contributed by atoms with Gasteiger partial charge in [0.05, 0.1) is 17.9 Å². The minimum absolute atomic E-state index is 0.00882. The van der Waals surface area contributed by atoms with Gasteiger partial charge in [-0.05, 0) is 99.1 Å². The van der Waals surface area contributed by atoms with Crippen LogP contribution in [0.25, 0.3) is 5.57 Å². The molecule has 1 atom stereocenters. The Hall–Kier alpha value is -0.870. The third-order valence-corrected chi connectivity index (χ3v) is 6.22. The van der Waals surface area contributed by atoms with Crippen LogP contribution in [0.1, 0.15) is 11.1 Å². The lowest BCUT2D eigenvalue weighted by Crippen LogP contribution is -2.33. The molecule has 9 heteroatoms. The Morgan fingerprint density at radius 2 is 1.35 bits per heavy atom. The highest BCUT2D eigenvalue weighted by molar-refractivity contribution is 9.11. The van der Waals surface area contributed by atoms with Crippen LogP contribution in [0.5, 0.6) is 11.5 Å². The van der Waals surface area contributed by atoms with Crippen molar-refractivity contribution < 1.29 is 24.9 Å². The number of hydrogen-bond acceptors (Lipinski definition) is 5. The van der Waals surface area contributed by atoms with Gasteiger partial charge in [-0.15, -0.1) is 0 Å². The molecule has 0 spiro atoms. The standard InChI is InChI=1S/C17H10Br4O5/c18-10-1-7(2-11(19)15(10)23)6-17(25)9(5-14(22)26-17)8-3-12(20)16(24)13(21)4-8/h1-5,23-25H,6H2. The van der Waals surface area contributed by atoms with E-state index in [-0.39, 0.29) is 23.5 Å². The molecule has 0 bridgehead atoms. The van der Waals surface area contributed by atoms with Crippen LogP contribution in [-0.2, 0) is 16.0 Å². The molecule has 1 heterocycles. The fraction of sp³-hybridized carbons (Fsp3) is 0.118. The van der Waals surface area contributed by atoms with Crippen LogP contribution in [0, 0.1) is 0 Å². The third-order valence-electron chi connectivity index (χ3n) is 3.80. The molecule has 0 amide bonds. The van der Waals surface area contributed by atoms with E-state index in [1.807, 2.05) is 0 Å². The summed E-state index contributed by atoms with van der Waals surface area (Å²) in [6.45, 7) is 0. The maximum atomic E-state index is 11.9. The minimum Gasteiger partial charge on any atom is -0.506 e. The summed E-state index contributed by atoms with van der Waals surface area (Å²) < 4.78 is 6.86. The molecule has 0 aromatic heterocycles. The molecule has 2 aromatic carbocycles. The molecule has 1 aliphatic heterocycles. The monoisotopic (exact) mass is 610 g/mol. The van der Waals surface area contributed by atoms with Crippen LogP contribution < -0.4 is 0 Å². The number of phenols is 2. The average Bonchev–Trinajstić information content (AvgIpc) is 2.84. The van der Waals surface area contributed by atoms with Gasteiger partial charge in [0, 0.05) is 18.1 Å². The highest BCUT2D eigenvalue weighted by atomic mass is 79.9. The van der Waals surface area contributed by atoms with Crippen molar-refractivity contribution in [3.8, 4) is 11.5 Å². The minimum atomic E-state index is -1.89. The predicted octanol–water partition coefficient (Wildman–Crippen LogP) is 5.02. The summed E-state index contributed by atoms with van der Waals surface area (Å²) in [5.74, 6) is -2.51. The number of cyclic esters (lactones) is 1. The van der Waals surface area contributed by atoms with E-state index in [0.717, 1.165) is 0 Å². The molecule has 0 fully saturated rings. The third kappa shape index (κ3) is 3.73. The second-order valence-electron chi connectivity index (χ2n) is 5.64. The van der Waals surface area contributed by atoms with E-state index in [2.05, 4.69) is 63.7 Å². The number of hydrogen-bond donors (Lipinski definition) is 3. The number of carbonyl (C=O) groups is 1. The normalized spacial score (nSPS) is 19.4. The van der Waals surface area contributed by atoms with Crippen molar-refractivity contribution in [2.75, 3.05) is 0 Å². The number of benzene rings is 2. The molecular formula is C17H10Br4O5. The molecule has 0 radical (unpaired) electrons. The lowest BCUT2D eigenvalue weighted by molar-refractivity contribution is -0.174. The molecule has 3 rings (SSSR count). The highest BCUT2D eigenvalue weighted by Crippen LogP contribution is 2.42. The molecule has 0 saturated heterocycles. The zero-order valence-electron chi connectivity index (χ0n) is 12.8. The van der Waals surface area contributed by atoms with E-state index >= 15 is 0 Å². The van der Waals surface area contributed by atoms with Gasteiger partial charge in [-0.25, -0.2) is 4.79 Å². The summed E-state index contributed by atoms with van der Waals surface area (Å²) in [6, 6.07) is 6.43. The molecular weight excluding hydrogens is 604 g/mol. The Labute approximate surface area is 182 Å². The molecule has 1 unspecified atom stereocenters. The Bertz CT molecular complexity index is 910. The second-order valence-corrected chi connectivity index (χ2v) is 9.05. The topological polar surface area (TPSA) is 87.0 Å². The number of carbonyl (C=O) groups excluding carboxylic acids is 1. The van der Waals surface area contributed by atoms with Crippen LogP contribution >= 0.6 is 63.7 Å². The first-order chi connectivity index (χ1) is 12.1. The van der Waals surface area contributed by atoms with Gasteiger partial charge >= 0.3 is 5.97 Å². The van der Waals surface area contributed by atoms with E-state index in [0.29, 0.717) is 29.0 Å². The van der Waals surface area contributed by atoms with E-state index in [1.54, 1.807) is 24.3 Å². The lowest BCUT2D eigenvalue weighted by atomic mass is 9.93. The Kier molecular flexibility index (Phi) is 5.56. The van der Waals surface area contributed by atoms with Crippen molar-refractivity contribution in [1.82, 2.24) is 0 Å². The van der Waals surface area contributed by atoms with E-state index in [1.165, 1.54) is 6.08 Å². The van der Waals surface area contributed by atoms with Gasteiger partial charge in [-0.3, -0.25) is 0 Å². The van der Waals surface area contributed by atoms with Crippen LogP contribution in [-0.4, -0.2) is 27.1 Å². The Balaban J connectivity index is 2.03. The van der Waals surface area contributed by atoms with Gasteiger partial charge in [-0.2, -0.15) is 0 Å². The first kappa shape index (κ1) is 19.9. The highest BCUT2D eigenvalue weighted by Gasteiger charge is 2.42. The molecule has 3 N–H and O–H groups in total. The van der Waals surface area contributed by atoms with Crippen LogP contribution in [0.4, 0.5) is 0 Å². The Morgan fingerprint density at radius 3 is 1.85 bits per heavy atom. The summed E-state index contributed by atoms with van der Waals surface area (Å²) in [6.07, 6.45) is 1.19. The molecule has 2 aromatic rings. The molecule has 26 heavy (non-hydrogen) atoms. The van der Waals surface area contributed by atoms with Gasteiger partial charge in [-0.1, -0.05) is 0 Å². The lowest BCUT2D eigenvalue weighted by Gasteiger charge is -2.26. The maximum Gasteiger partial charge on any atom is 0.334 e. The Morgan fingerprint density at radius 1 is 0.885 bits per heavy atom. The number of phenolic OH excluding ortho intramolecular Hbond substituents is 2. The predicted molar refractivity (Wildman–Crippen MR) is 110 cm³/mol. The number of halogens is 4. The zero-order valence-corrected chi connectivity index (χ0v) is 19.1. The van der Waals surface area contributed by atoms with Gasteiger partial charge in [0.2, 0.25) is 5.79 Å². The first-order valence-corrected chi connectivity index (χ1v) is 10.3. The number of esters is 1. The molecule has 5 nitrogen and oxygen atoms in total. The quantitative estimate of drug-likeness (QED) is 0.424. The van der Waals surface area contributed by atoms with Crippen molar-refractivity contribution >= 4 is 75.3 Å². The SMILES string of the molecule is O=C1C=C(c2cc(Br)c(O)c(Br)c2)C(O)(Cc2cc(Br)c(O)c(Br)c2)O1. The van der Waals surface area contributed by atoms with E-state index in [4.69, 9.17) is 4.74 Å². The second kappa shape index (κ2) is 7.27. The smallest absolute Gasteiger partial charge is 0.334 e. The van der Waals surface area contributed by atoms with Gasteiger partial charge in [0.1, 0.15) is 11.5 Å². The summed E-state index contributed by atoms with van der Waals surface area (Å²) in [5, 5.41) is 30.7. The van der Waals surface area contributed by atoms with Crippen molar-refractivity contribution in [1.29, 1.82) is 0 Å². The summed E-state index contributed by atoms with van der Waals surface area (Å²) in [4.78, 5) is 11.9. The molecule has 0 aliphatic carbocycles. The first-order valence-electron chi connectivity index (χ1n) is 7.13. The van der Waals surface area contributed by atoms with Crippen LogP contribution in [0.15, 0.2) is 48.2 Å². The number of aliphatic hydroxyl groups is 1. The maximum absolute atomic E-state index is 11.9. The van der Waals surface area contributed by atoms with Gasteiger partial charge in [0.25, 0.3) is 0 Å². The summed E-state index contributed by atoms with van der Waals surface area (Å²) >= 11 is 12.9. The van der Waals surface area contributed by atoms with E-state index < -0.39 is 11.8 Å². The van der Waals surface area contributed by atoms with Gasteiger partial charge in [0.15, 0.2) is 0 Å². The molecule has 1 aliphatic rings. The van der Waals surface area contributed by atoms with Crippen molar-refractivity contribution in [3.05, 3.63) is 59.4 Å². The number of rotatable bonds is 3. The number of aromatic hydroxyl groups is 2. The van der Waals surface area contributed by atoms with Crippen molar-refractivity contribution in [2.45, 2.75) is 12.2 Å². The van der Waals surface area contributed by atoms with Crippen molar-refractivity contribution in [2.24, 2.45) is 0 Å². The van der Waals surface area contributed by atoms with Crippen molar-refractivity contribution in [3.63, 3.8) is 0 Å². The van der Waals surface area contributed by atoms with E-state index in [9.17, 15) is 20.1 Å². The van der Waals surface area contributed by atoms with Crippen LogP contribution in [0.2, 0.25) is 0 Å². The fourth-order valence-electron chi connectivity index (χ4n) is 2.64. The summed E-state index contributed by atoms with van der Waals surface area (Å²) in [7, 11) is 0. The van der Waals surface area contributed by atoms with Crippen LogP contribution in [0.3, 0.4) is 0 Å².